The molecule has 0 spiro atoms. The minimum Gasteiger partial charge on any atom is -0.493 e. The van der Waals surface area contributed by atoms with Crippen LogP contribution in [0.15, 0.2) is 41.1 Å². The van der Waals surface area contributed by atoms with Gasteiger partial charge in [-0.15, -0.1) is 10.2 Å². The van der Waals surface area contributed by atoms with Gasteiger partial charge in [0, 0.05) is 10.5 Å². The largest absolute Gasteiger partial charge is 0.493 e. The van der Waals surface area contributed by atoms with E-state index in [0.29, 0.717) is 35.3 Å². The van der Waals surface area contributed by atoms with Crippen molar-refractivity contribution in [2.75, 3.05) is 11.9 Å². The summed E-state index contributed by atoms with van der Waals surface area (Å²) >= 11 is 3.50. The van der Waals surface area contributed by atoms with Gasteiger partial charge in [-0.05, 0) is 56.5 Å². The summed E-state index contributed by atoms with van der Waals surface area (Å²) in [6, 6.07) is 9.33. The number of ether oxygens (including phenoxy) is 1. The van der Waals surface area contributed by atoms with Crippen LogP contribution >= 0.6 is 15.9 Å². The Hall–Kier alpha value is -2.74. The molecule has 2 bridgehead atoms. The molecule has 28 heavy (non-hydrogen) atoms. The molecule has 0 saturated heterocycles. The van der Waals surface area contributed by atoms with E-state index in [1.165, 1.54) is 0 Å². The van der Waals surface area contributed by atoms with Crippen LogP contribution in [-0.4, -0.2) is 32.3 Å². The van der Waals surface area contributed by atoms with Gasteiger partial charge in [0.15, 0.2) is 5.82 Å². The smallest absolute Gasteiger partial charge is 0.260 e. The number of carbonyl (C=O) groups excluding carboxylic acids is 1. The molecule has 7 nitrogen and oxygen atoms in total. The summed E-state index contributed by atoms with van der Waals surface area (Å²) in [7, 11) is 0. The van der Waals surface area contributed by atoms with Crippen LogP contribution in [0.2, 0.25) is 0 Å². The number of aromatic nitrogens is 4. The maximum absolute atomic E-state index is 12.9. The molecule has 1 aliphatic heterocycles. The van der Waals surface area contributed by atoms with Crippen molar-refractivity contribution in [2.45, 2.75) is 32.7 Å². The number of aryl methyl sites for hydroxylation is 1. The van der Waals surface area contributed by atoms with Gasteiger partial charge in [0.1, 0.15) is 23.6 Å². The van der Waals surface area contributed by atoms with E-state index < -0.39 is 0 Å². The third kappa shape index (κ3) is 3.64. The topological polar surface area (TPSA) is 81.9 Å². The van der Waals surface area contributed by atoms with Crippen LogP contribution < -0.4 is 10.1 Å². The number of nitrogens with zero attached hydrogens (tertiary/aromatic N) is 4. The van der Waals surface area contributed by atoms with E-state index in [1.54, 1.807) is 18.5 Å². The summed E-state index contributed by atoms with van der Waals surface area (Å²) in [5.74, 6) is 1.43. The average Bonchev–Trinajstić information content (AvgIpc) is 3.17. The van der Waals surface area contributed by atoms with Crippen molar-refractivity contribution in [1.29, 1.82) is 0 Å². The maximum Gasteiger partial charge on any atom is 0.260 e. The Balaban J connectivity index is 1.78. The monoisotopic (exact) mass is 441 g/mol. The van der Waals surface area contributed by atoms with Crippen LogP contribution in [0.5, 0.6) is 5.75 Å². The van der Waals surface area contributed by atoms with Gasteiger partial charge in [0.05, 0.1) is 12.2 Å². The summed E-state index contributed by atoms with van der Waals surface area (Å²) in [6.07, 6.45) is 3.44. The van der Waals surface area contributed by atoms with Crippen molar-refractivity contribution in [1.82, 2.24) is 19.7 Å². The first-order chi connectivity index (χ1) is 13.5. The van der Waals surface area contributed by atoms with Crippen molar-refractivity contribution >= 4 is 27.7 Å². The van der Waals surface area contributed by atoms with Crippen LogP contribution in [0, 0.1) is 6.92 Å². The predicted octanol–water partition coefficient (Wildman–Crippen LogP) is 4.40. The van der Waals surface area contributed by atoms with E-state index in [4.69, 9.17) is 4.74 Å². The Labute approximate surface area is 171 Å². The average molecular weight is 442 g/mol. The molecular formula is C20H20BrN5O2. The third-order valence-corrected chi connectivity index (χ3v) is 5.65. The number of fused-ring (bicyclic) bond motifs is 5. The minimum atomic E-state index is -0.271. The number of carbonyl (C=O) groups is 1. The Morgan fingerprint density at radius 2 is 2.18 bits per heavy atom. The molecule has 0 fully saturated rings. The highest BCUT2D eigenvalue weighted by Crippen LogP contribution is 2.29. The maximum atomic E-state index is 12.9. The third-order valence-electron chi connectivity index (χ3n) is 4.80. The van der Waals surface area contributed by atoms with Crippen molar-refractivity contribution in [3.63, 3.8) is 0 Å². The molecule has 1 amide bonds. The van der Waals surface area contributed by atoms with Gasteiger partial charge < -0.3 is 14.6 Å². The molecule has 3 aromatic rings. The van der Waals surface area contributed by atoms with Crippen LogP contribution in [0.4, 0.5) is 5.82 Å². The van der Waals surface area contributed by atoms with Crippen molar-refractivity contribution in [3.8, 4) is 17.3 Å². The zero-order valence-electron chi connectivity index (χ0n) is 15.6. The van der Waals surface area contributed by atoms with Gasteiger partial charge in [-0.1, -0.05) is 22.0 Å². The summed E-state index contributed by atoms with van der Waals surface area (Å²) in [5.41, 5.74) is 2.15. The molecule has 0 unspecified atom stereocenters. The molecule has 1 aromatic carbocycles. The lowest BCUT2D eigenvalue weighted by molar-refractivity contribution is 0.102. The van der Waals surface area contributed by atoms with E-state index >= 15 is 0 Å². The highest BCUT2D eigenvalue weighted by atomic mass is 79.9. The van der Waals surface area contributed by atoms with E-state index in [1.807, 2.05) is 29.7 Å². The zero-order chi connectivity index (χ0) is 19.7. The second-order valence-corrected chi connectivity index (χ2v) is 7.72. The second-order valence-electron chi connectivity index (χ2n) is 6.86. The Morgan fingerprint density at radius 3 is 3.04 bits per heavy atom. The number of benzene rings is 1. The molecular weight excluding hydrogens is 422 g/mol. The predicted molar refractivity (Wildman–Crippen MR) is 110 cm³/mol. The highest BCUT2D eigenvalue weighted by Gasteiger charge is 2.19. The number of anilines is 1. The quantitative estimate of drug-likeness (QED) is 0.558. The first kappa shape index (κ1) is 18.6. The fourth-order valence-electron chi connectivity index (χ4n) is 3.21. The normalized spacial score (nSPS) is 17.0. The molecule has 1 atom stereocenters. The van der Waals surface area contributed by atoms with E-state index in [9.17, 15) is 4.79 Å². The van der Waals surface area contributed by atoms with Gasteiger partial charge in [-0.3, -0.25) is 4.79 Å². The highest BCUT2D eigenvalue weighted by molar-refractivity contribution is 9.10. The first-order valence-corrected chi connectivity index (χ1v) is 9.93. The number of hydrogen-bond donors (Lipinski definition) is 1. The molecule has 4 rings (SSSR count). The van der Waals surface area contributed by atoms with Crippen molar-refractivity contribution in [3.05, 3.63) is 52.3 Å². The Kier molecular flexibility index (Phi) is 5.13. The first-order valence-electron chi connectivity index (χ1n) is 9.14. The van der Waals surface area contributed by atoms with Crippen LogP contribution in [0.1, 0.15) is 41.7 Å². The number of rotatable bonds is 0. The van der Waals surface area contributed by atoms with Crippen molar-refractivity contribution < 1.29 is 9.53 Å². The lowest BCUT2D eigenvalue weighted by atomic mass is 10.1. The summed E-state index contributed by atoms with van der Waals surface area (Å²) in [4.78, 5) is 17.5. The molecule has 0 aliphatic carbocycles. The summed E-state index contributed by atoms with van der Waals surface area (Å²) < 4.78 is 8.83. The van der Waals surface area contributed by atoms with E-state index in [0.717, 1.165) is 22.9 Å². The summed E-state index contributed by atoms with van der Waals surface area (Å²) in [6.45, 7) is 4.61. The molecule has 3 heterocycles. The van der Waals surface area contributed by atoms with Gasteiger partial charge >= 0.3 is 0 Å². The molecule has 144 valence electrons. The van der Waals surface area contributed by atoms with Gasteiger partial charge in [-0.25, -0.2) is 4.98 Å². The van der Waals surface area contributed by atoms with Gasteiger partial charge in [0.2, 0.25) is 0 Å². The van der Waals surface area contributed by atoms with Crippen LogP contribution in [-0.2, 0) is 0 Å². The van der Waals surface area contributed by atoms with E-state index in [-0.39, 0.29) is 11.9 Å². The SMILES string of the molecule is Cc1cc2c(cc1Br)C(=O)Nc1cccc(n1)-c1nncn1[C@@H](C)CCCO2. The van der Waals surface area contributed by atoms with E-state index in [2.05, 4.69) is 43.4 Å². The number of pyridine rings is 1. The van der Waals surface area contributed by atoms with Gasteiger partial charge in [-0.2, -0.15) is 0 Å². The fraction of sp³-hybridized carbons (Fsp3) is 0.300. The second kappa shape index (κ2) is 7.71. The molecule has 8 heteroatoms. The lowest BCUT2D eigenvalue weighted by Crippen LogP contribution is -2.16. The zero-order valence-corrected chi connectivity index (χ0v) is 17.2. The number of hydrogen-bond acceptors (Lipinski definition) is 5. The van der Waals surface area contributed by atoms with Crippen molar-refractivity contribution in [2.24, 2.45) is 0 Å². The molecule has 0 radical (unpaired) electrons. The fourth-order valence-corrected chi connectivity index (χ4v) is 3.56. The number of nitrogens with one attached hydrogen (secondary N) is 1. The Bertz CT molecular complexity index is 1030. The lowest BCUT2D eigenvalue weighted by Gasteiger charge is -2.18. The summed E-state index contributed by atoms with van der Waals surface area (Å²) in [5, 5.41) is 11.1. The number of halogens is 1. The van der Waals surface area contributed by atoms with Crippen LogP contribution in [0.25, 0.3) is 11.5 Å². The molecule has 1 N–H and O–H groups in total. The molecule has 1 aliphatic rings. The van der Waals surface area contributed by atoms with Crippen LogP contribution in [0.3, 0.4) is 0 Å². The molecule has 2 aromatic heterocycles. The number of amides is 1. The Morgan fingerprint density at radius 1 is 1.32 bits per heavy atom. The minimum absolute atomic E-state index is 0.197. The van der Waals surface area contributed by atoms with Gasteiger partial charge in [0.25, 0.3) is 5.91 Å². The standard InChI is InChI=1S/C20H20BrN5O2/c1-12-9-17-14(10-15(12)21)20(27)24-18-7-3-6-16(23-18)19-25-22-11-26(19)13(2)5-4-8-28-17/h3,6-7,9-11,13H,4-5,8H2,1-2H3,(H,23,24,27)/t13-/m0/s1. The molecule has 0 saturated carbocycles.